The number of aromatic hydroxyl groups is 1. The molecule has 0 spiro atoms. The molecule has 0 atom stereocenters. The van der Waals surface area contributed by atoms with Gasteiger partial charge in [-0.15, -0.1) is 0 Å². The fraction of sp³-hybridized carbons (Fsp3) is 0.125. The predicted octanol–water partition coefficient (Wildman–Crippen LogP) is 3.14. The first-order valence-corrected chi connectivity index (χ1v) is 6.56. The summed E-state index contributed by atoms with van der Waals surface area (Å²) in [5.41, 5.74) is 1.02. The van der Waals surface area contributed by atoms with Crippen LogP contribution >= 0.6 is 0 Å². The lowest BCUT2D eigenvalue weighted by molar-refractivity contribution is 0.186. The number of methoxy groups -OCH3 is 1. The molecule has 22 heavy (non-hydrogen) atoms. The number of carbonyl (C=O) groups is 1. The lowest BCUT2D eigenvalue weighted by atomic mass is 10.0. The van der Waals surface area contributed by atoms with Crippen molar-refractivity contribution in [2.24, 2.45) is 0 Å². The van der Waals surface area contributed by atoms with Gasteiger partial charge in [0.25, 0.3) is 0 Å². The van der Waals surface area contributed by atoms with Gasteiger partial charge in [-0.25, -0.2) is 4.79 Å². The minimum atomic E-state index is -0.733. The quantitative estimate of drug-likeness (QED) is 0.532. The molecule has 0 aliphatic carbocycles. The highest BCUT2D eigenvalue weighted by molar-refractivity contribution is 5.98. The topological polar surface area (TPSA) is 88.8 Å². The van der Waals surface area contributed by atoms with Crippen molar-refractivity contribution in [2.75, 3.05) is 12.4 Å². The van der Waals surface area contributed by atoms with Gasteiger partial charge in [0, 0.05) is 6.07 Å². The van der Waals surface area contributed by atoms with Crippen LogP contribution < -0.4 is 10.7 Å². The van der Waals surface area contributed by atoms with Gasteiger partial charge in [-0.1, -0.05) is 12.1 Å². The molecule has 0 fully saturated rings. The second-order valence-corrected chi connectivity index (χ2v) is 4.81. The maximum absolute atomic E-state index is 12.6. The van der Waals surface area contributed by atoms with Crippen LogP contribution in [-0.2, 0) is 4.74 Å². The number of rotatable bonds is 1. The van der Waals surface area contributed by atoms with Crippen molar-refractivity contribution in [3.63, 3.8) is 0 Å². The third-order valence-corrected chi connectivity index (χ3v) is 3.51. The number of benzene rings is 2. The molecule has 2 aromatic carbocycles. The molecule has 0 unspecified atom stereocenters. The molecular weight excluding hydrogens is 286 g/mol. The van der Waals surface area contributed by atoms with E-state index in [-0.39, 0.29) is 22.4 Å². The fourth-order valence-electron chi connectivity index (χ4n) is 2.44. The number of nitrogens with one attached hydrogen (secondary N) is 1. The second-order valence-electron chi connectivity index (χ2n) is 4.81. The Kier molecular flexibility index (Phi) is 3.21. The van der Waals surface area contributed by atoms with Crippen molar-refractivity contribution in [2.45, 2.75) is 6.92 Å². The SMILES string of the molecule is COC(=O)Nc1c(O)cc2oc3ccccc3c(=O)c2c1C. The zero-order chi connectivity index (χ0) is 15.9. The molecule has 3 aromatic rings. The molecule has 0 saturated heterocycles. The van der Waals surface area contributed by atoms with Crippen molar-refractivity contribution in [3.05, 3.63) is 46.1 Å². The summed E-state index contributed by atoms with van der Waals surface area (Å²) in [5, 5.41) is 13.2. The smallest absolute Gasteiger partial charge is 0.411 e. The Morgan fingerprint density at radius 3 is 2.73 bits per heavy atom. The summed E-state index contributed by atoms with van der Waals surface area (Å²) in [7, 11) is 1.21. The maximum Gasteiger partial charge on any atom is 0.411 e. The van der Waals surface area contributed by atoms with E-state index in [1.165, 1.54) is 13.2 Å². The molecule has 0 saturated carbocycles. The van der Waals surface area contributed by atoms with Crippen LogP contribution in [0.2, 0.25) is 0 Å². The predicted molar refractivity (Wildman–Crippen MR) is 82.4 cm³/mol. The van der Waals surface area contributed by atoms with Gasteiger partial charge in [-0.05, 0) is 24.6 Å². The van der Waals surface area contributed by atoms with E-state index in [0.717, 1.165) is 0 Å². The number of para-hydroxylation sites is 1. The highest BCUT2D eigenvalue weighted by Gasteiger charge is 2.17. The Morgan fingerprint density at radius 1 is 1.27 bits per heavy atom. The molecular formula is C16H13NO5. The monoisotopic (exact) mass is 299 g/mol. The van der Waals surface area contributed by atoms with E-state index in [1.54, 1.807) is 31.2 Å². The summed E-state index contributed by atoms with van der Waals surface area (Å²) in [4.78, 5) is 24.0. The lowest BCUT2D eigenvalue weighted by Crippen LogP contribution is -2.13. The Bertz CT molecular complexity index is 958. The van der Waals surface area contributed by atoms with Crippen LogP contribution in [0.25, 0.3) is 21.9 Å². The van der Waals surface area contributed by atoms with Crippen LogP contribution in [0, 0.1) is 6.92 Å². The van der Waals surface area contributed by atoms with E-state index in [0.29, 0.717) is 21.9 Å². The Labute approximate surface area is 124 Å². The molecule has 1 heterocycles. The van der Waals surface area contributed by atoms with Gasteiger partial charge >= 0.3 is 6.09 Å². The number of phenolic OH excluding ortho intramolecular Hbond substituents is 1. The van der Waals surface area contributed by atoms with E-state index < -0.39 is 6.09 Å². The van der Waals surface area contributed by atoms with Crippen LogP contribution in [0.3, 0.4) is 0 Å². The number of anilines is 1. The summed E-state index contributed by atoms with van der Waals surface area (Å²) in [5.74, 6) is -0.200. The molecule has 0 radical (unpaired) electrons. The molecule has 0 bridgehead atoms. The largest absolute Gasteiger partial charge is 0.506 e. The van der Waals surface area contributed by atoms with E-state index >= 15 is 0 Å². The summed E-state index contributed by atoms with van der Waals surface area (Å²) < 4.78 is 10.2. The van der Waals surface area contributed by atoms with E-state index in [2.05, 4.69) is 10.1 Å². The van der Waals surface area contributed by atoms with E-state index in [9.17, 15) is 14.7 Å². The van der Waals surface area contributed by atoms with Gasteiger partial charge in [0.15, 0.2) is 0 Å². The molecule has 1 aromatic heterocycles. The molecule has 6 nitrogen and oxygen atoms in total. The van der Waals surface area contributed by atoms with Gasteiger partial charge in [0.2, 0.25) is 5.43 Å². The minimum absolute atomic E-state index is 0.127. The maximum atomic E-state index is 12.6. The third kappa shape index (κ3) is 2.05. The highest BCUT2D eigenvalue weighted by atomic mass is 16.5. The van der Waals surface area contributed by atoms with Crippen molar-refractivity contribution >= 4 is 33.7 Å². The van der Waals surface area contributed by atoms with Crippen LogP contribution in [0.5, 0.6) is 5.75 Å². The van der Waals surface area contributed by atoms with Crippen molar-refractivity contribution in [1.29, 1.82) is 0 Å². The van der Waals surface area contributed by atoms with Crippen molar-refractivity contribution in [1.82, 2.24) is 0 Å². The molecule has 3 rings (SSSR count). The minimum Gasteiger partial charge on any atom is -0.506 e. The van der Waals surface area contributed by atoms with Crippen molar-refractivity contribution < 1.29 is 19.1 Å². The van der Waals surface area contributed by atoms with E-state index in [4.69, 9.17) is 4.42 Å². The summed E-state index contributed by atoms with van der Waals surface area (Å²) in [6.45, 7) is 1.62. The second kappa shape index (κ2) is 5.07. The Morgan fingerprint density at radius 2 is 2.00 bits per heavy atom. The number of carbonyl (C=O) groups excluding carboxylic acids is 1. The first-order valence-electron chi connectivity index (χ1n) is 6.56. The van der Waals surface area contributed by atoms with Crippen LogP contribution in [-0.4, -0.2) is 18.3 Å². The number of fused-ring (bicyclic) bond motifs is 2. The van der Waals surface area contributed by atoms with Gasteiger partial charge in [-0.2, -0.15) is 0 Å². The molecule has 6 heteroatoms. The zero-order valence-corrected chi connectivity index (χ0v) is 12.0. The first-order chi connectivity index (χ1) is 10.5. The summed E-state index contributed by atoms with van der Waals surface area (Å²) in [6, 6.07) is 8.16. The number of phenols is 1. The molecule has 0 aliphatic heterocycles. The zero-order valence-electron chi connectivity index (χ0n) is 12.0. The number of ether oxygens (including phenoxy) is 1. The van der Waals surface area contributed by atoms with Gasteiger partial charge in [-0.3, -0.25) is 10.1 Å². The third-order valence-electron chi connectivity index (χ3n) is 3.51. The molecule has 2 N–H and O–H groups in total. The number of hydrogen-bond acceptors (Lipinski definition) is 5. The van der Waals surface area contributed by atoms with Gasteiger partial charge < -0.3 is 14.3 Å². The Hall–Kier alpha value is -3.02. The molecule has 112 valence electrons. The van der Waals surface area contributed by atoms with Crippen molar-refractivity contribution in [3.8, 4) is 5.75 Å². The van der Waals surface area contributed by atoms with Gasteiger partial charge in [0.05, 0.1) is 23.6 Å². The first kappa shape index (κ1) is 13.9. The normalized spacial score (nSPS) is 10.8. The summed E-state index contributed by atoms with van der Waals surface area (Å²) in [6.07, 6.45) is -0.733. The van der Waals surface area contributed by atoms with Crippen LogP contribution in [0.4, 0.5) is 10.5 Å². The lowest BCUT2D eigenvalue weighted by Gasteiger charge is -2.12. The fourth-order valence-corrected chi connectivity index (χ4v) is 2.44. The average Bonchev–Trinajstić information content (AvgIpc) is 2.51. The van der Waals surface area contributed by atoms with Gasteiger partial charge in [0.1, 0.15) is 16.9 Å². The average molecular weight is 299 g/mol. The van der Waals surface area contributed by atoms with Crippen LogP contribution in [0.1, 0.15) is 5.56 Å². The number of hydrogen-bond donors (Lipinski definition) is 2. The highest BCUT2D eigenvalue weighted by Crippen LogP contribution is 2.34. The number of aryl methyl sites for hydroxylation is 1. The number of amides is 1. The van der Waals surface area contributed by atoms with E-state index in [1.807, 2.05) is 0 Å². The molecule has 1 amide bonds. The standard InChI is InChI=1S/C16H13NO5/c1-8-13-12(7-10(18)14(8)17-16(20)21-2)22-11-6-4-3-5-9(11)15(13)19/h3-7,18H,1-2H3,(H,17,20). The summed E-state index contributed by atoms with van der Waals surface area (Å²) >= 11 is 0. The molecule has 0 aliphatic rings. The van der Waals surface area contributed by atoms with Crippen LogP contribution in [0.15, 0.2) is 39.5 Å². The Balaban J connectivity index is 2.38.